The number of hydrogen-bond acceptors (Lipinski definition) is 3. The highest BCUT2D eigenvalue weighted by Crippen LogP contribution is 2.39. The first-order valence-electron chi connectivity index (χ1n) is 12.7. The van der Waals surface area contributed by atoms with E-state index in [2.05, 4.69) is 10.6 Å². The van der Waals surface area contributed by atoms with E-state index in [1.54, 1.807) is 19.1 Å². The molecule has 39 heavy (non-hydrogen) atoms. The third kappa shape index (κ3) is 6.00. The molecule has 0 aliphatic heterocycles. The van der Waals surface area contributed by atoms with E-state index in [0.29, 0.717) is 0 Å². The molecule has 208 valence electrons. The predicted octanol–water partition coefficient (Wildman–Crippen LogP) is 7.88. The highest BCUT2D eigenvalue weighted by Gasteiger charge is 2.48. The van der Waals surface area contributed by atoms with E-state index >= 15 is 0 Å². The Balaban J connectivity index is 1.75. The molecule has 0 atom stereocenters. The summed E-state index contributed by atoms with van der Waals surface area (Å²) in [7, 11) is 1.83. The van der Waals surface area contributed by atoms with Crippen LogP contribution in [0.4, 0.5) is 28.9 Å². The van der Waals surface area contributed by atoms with E-state index in [1.165, 1.54) is 26.0 Å². The number of carbonyl (C=O) groups is 2. The Kier molecular flexibility index (Phi) is 8.29. The van der Waals surface area contributed by atoms with Crippen LogP contribution >= 0.6 is 0 Å². The van der Waals surface area contributed by atoms with Crippen molar-refractivity contribution in [3.8, 4) is 0 Å². The number of benzene rings is 3. The minimum Gasteiger partial charge on any atom is -0.388 e. The molecule has 2 N–H and O–H groups in total. The van der Waals surface area contributed by atoms with Crippen LogP contribution in [-0.2, 0) is 26.8 Å². The smallest absolute Gasteiger partial charge is 0.350 e. The van der Waals surface area contributed by atoms with Crippen LogP contribution in [0.5, 0.6) is 0 Å². The standard InChI is InChI=1S/C31H34F4N2O2/c1-7-28(2,3)26(38)30(32,33)22-8-10-23(11-9-22)31(34,35)27(39)37-25-18-14-21(15-19-25)29(4,5)20-12-16-24(36-6)17-13-20/h8-19,36H,7H2,1-6H3,(H,37,39). The lowest BCUT2D eigenvalue weighted by Crippen LogP contribution is -2.38. The largest absolute Gasteiger partial charge is 0.388 e. The van der Waals surface area contributed by atoms with Gasteiger partial charge in [0.1, 0.15) is 0 Å². The van der Waals surface area contributed by atoms with Gasteiger partial charge in [-0.15, -0.1) is 0 Å². The molecular formula is C31H34F4N2O2. The summed E-state index contributed by atoms with van der Waals surface area (Å²) in [5.41, 5.74) is -0.00601. The molecule has 3 aromatic carbocycles. The van der Waals surface area contributed by atoms with Gasteiger partial charge in [-0.25, -0.2) is 0 Å². The van der Waals surface area contributed by atoms with Crippen molar-refractivity contribution in [1.29, 1.82) is 0 Å². The van der Waals surface area contributed by atoms with Crippen LogP contribution in [0, 0.1) is 5.41 Å². The van der Waals surface area contributed by atoms with Crippen LogP contribution in [-0.4, -0.2) is 18.7 Å². The third-order valence-electron chi connectivity index (χ3n) is 7.44. The Hall–Kier alpha value is -3.68. The Morgan fingerprint density at radius 1 is 0.641 bits per heavy atom. The van der Waals surface area contributed by atoms with E-state index < -0.39 is 40.1 Å². The van der Waals surface area contributed by atoms with Gasteiger partial charge in [0.2, 0.25) is 5.78 Å². The molecular weight excluding hydrogens is 508 g/mol. The number of anilines is 2. The molecule has 0 radical (unpaired) electrons. The van der Waals surface area contributed by atoms with Gasteiger partial charge in [0.25, 0.3) is 5.91 Å². The van der Waals surface area contributed by atoms with Gasteiger partial charge in [-0.05, 0) is 41.8 Å². The second-order valence-electron chi connectivity index (χ2n) is 10.8. The van der Waals surface area contributed by atoms with E-state index in [9.17, 15) is 27.2 Å². The van der Waals surface area contributed by atoms with Crippen molar-refractivity contribution in [1.82, 2.24) is 0 Å². The van der Waals surface area contributed by atoms with Crippen molar-refractivity contribution in [3.05, 3.63) is 95.1 Å². The van der Waals surface area contributed by atoms with Crippen LogP contribution in [0.15, 0.2) is 72.8 Å². The quantitative estimate of drug-likeness (QED) is 0.256. The second-order valence-corrected chi connectivity index (χ2v) is 10.8. The van der Waals surface area contributed by atoms with Gasteiger partial charge in [-0.3, -0.25) is 9.59 Å². The molecule has 0 aliphatic carbocycles. The van der Waals surface area contributed by atoms with E-state index in [-0.39, 0.29) is 17.5 Å². The van der Waals surface area contributed by atoms with Crippen molar-refractivity contribution < 1.29 is 27.2 Å². The molecule has 0 saturated heterocycles. The number of Topliss-reactive ketones (excluding diaryl/α,β-unsaturated/α-hetero) is 1. The minimum atomic E-state index is -3.99. The van der Waals surface area contributed by atoms with Crippen LogP contribution in [0.1, 0.15) is 63.3 Å². The number of ketones is 1. The third-order valence-corrected chi connectivity index (χ3v) is 7.44. The molecule has 0 spiro atoms. The maximum Gasteiger partial charge on any atom is 0.350 e. The fraction of sp³-hybridized carbons (Fsp3) is 0.355. The lowest BCUT2D eigenvalue weighted by molar-refractivity contribution is -0.154. The maximum absolute atomic E-state index is 14.9. The molecule has 0 aliphatic rings. The summed E-state index contributed by atoms with van der Waals surface area (Å²) in [6.07, 6.45) is 0.194. The zero-order valence-electron chi connectivity index (χ0n) is 23.0. The van der Waals surface area contributed by atoms with Crippen molar-refractivity contribution in [2.45, 2.75) is 58.3 Å². The summed E-state index contributed by atoms with van der Waals surface area (Å²) in [5, 5.41) is 5.27. The van der Waals surface area contributed by atoms with Crippen LogP contribution in [0.2, 0.25) is 0 Å². The van der Waals surface area contributed by atoms with Crippen molar-refractivity contribution >= 4 is 23.1 Å². The second kappa shape index (κ2) is 10.8. The van der Waals surface area contributed by atoms with Crippen LogP contribution in [0.3, 0.4) is 0 Å². The Bertz CT molecular complexity index is 1310. The van der Waals surface area contributed by atoms with Crippen molar-refractivity contribution in [2.24, 2.45) is 5.41 Å². The Morgan fingerprint density at radius 2 is 1.03 bits per heavy atom. The van der Waals surface area contributed by atoms with Gasteiger partial charge < -0.3 is 10.6 Å². The summed E-state index contributed by atoms with van der Waals surface area (Å²) in [5.74, 6) is -10.7. The van der Waals surface area contributed by atoms with E-state index in [4.69, 9.17) is 0 Å². The molecule has 4 nitrogen and oxygen atoms in total. The fourth-order valence-electron chi connectivity index (χ4n) is 4.14. The van der Waals surface area contributed by atoms with Crippen molar-refractivity contribution in [3.63, 3.8) is 0 Å². The summed E-state index contributed by atoms with van der Waals surface area (Å²) in [6.45, 7) is 8.50. The molecule has 0 heterocycles. The molecule has 0 fully saturated rings. The highest BCUT2D eigenvalue weighted by atomic mass is 19.3. The number of amides is 1. The van der Waals surface area contributed by atoms with Gasteiger partial charge in [-0.1, -0.05) is 83.1 Å². The summed E-state index contributed by atoms with van der Waals surface area (Å²) in [4.78, 5) is 24.8. The topological polar surface area (TPSA) is 58.2 Å². The normalized spacial score (nSPS) is 12.7. The Labute approximate surface area is 226 Å². The number of alkyl halides is 4. The average Bonchev–Trinajstić information content (AvgIpc) is 2.92. The number of carbonyl (C=O) groups excluding carboxylic acids is 2. The molecule has 3 aromatic rings. The Morgan fingerprint density at radius 3 is 1.44 bits per heavy atom. The van der Waals surface area contributed by atoms with E-state index in [0.717, 1.165) is 41.1 Å². The molecule has 0 unspecified atom stereocenters. The van der Waals surface area contributed by atoms with Gasteiger partial charge in [0, 0.05) is 40.4 Å². The molecule has 8 heteroatoms. The lowest BCUT2D eigenvalue weighted by Gasteiger charge is -2.27. The number of nitrogens with one attached hydrogen (secondary N) is 2. The predicted molar refractivity (Wildman–Crippen MR) is 146 cm³/mol. The van der Waals surface area contributed by atoms with Gasteiger partial charge >= 0.3 is 11.8 Å². The molecule has 0 aromatic heterocycles. The fourth-order valence-corrected chi connectivity index (χ4v) is 4.14. The first kappa shape index (κ1) is 29.9. The maximum atomic E-state index is 14.9. The number of rotatable bonds is 10. The van der Waals surface area contributed by atoms with E-state index in [1.807, 2.05) is 45.2 Å². The minimum absolute atomic E-state index is 0.167. The SMILES string of the molecule is CCC(C)(C)C(=O)C(F)(F)c1ccc(C(F)(F)C(=O)Nc2ccc(C(C)(C)c3ccc(NC)cc3)cc2)cc1. The van der Waals surface area contributed by atoms with Gasteiger partial charge in [0.15, 0.2) is 0 Å². The van der Waals surface area contributed by atoms with Crippen LogP contribution < -0.4 is 10.6 Å². The lowest BCUT2D eigenvalue weighted by atomic mass is 9.78. The zero-order chi connectivity index (χ0) is 29.2. The first-order valence-corrected chi connectivity index (χ1v) is 12.7. The summed E-state index contributed by atoms with van der Waals surface area (Å²) >= 11 is 0. The first-order chi connectivity index (χ1) is 18.1. The number of halogens is 4. The molecule has 0 bridgehead atoms. The molecule has 3 rings (SSSR count). The molecule has 1 amide bonds. The van der Waals surface area contributed by atoms with Gasteiger partial charge in [-0.2, -0.15) is 17.6 Å². The van der Waals surface area contributed by atoms with Crippen molar-refractivity contribution in [2.75, 3.05) is 17.7 Å². The average molecular weight is 543 g/mol. The zero-order valence-corrected chi connectivity index (χ0v) is 23.0. The number of hydrogen-bond donors (Lipinski definition) is 2. The highest BCUT2D eigenvalue weighted by molar-refractivity contribution is 5.97. The molecule has 0 saturated carbocycles. The van der Waals surface area contributed by atoms with Crippen LogP contribution in [0.25, 0.3) is 0 Å². The monoisotopic (exact) mass is 542 g/mol. The summed E-state index contributed by atoms with van der Waals surface area (Å²) < 4.78 is 59.4. The summed E-state index contributed by atoms with van der Waals surface area (Å²) in [6, 6.07) is 17.6. The van der Waals surface area contributed by atoms with Gasteiger partial charge in [0.05, 0.1) is 0 Å².